The number of guanidine groups is 1. The van der Waals surface area contributed by atoms with Gasteiger partial charge in [-0.1, -0.05) is 36.8 Å². The molecule has 0 aliphatic carbocycles. The lowest BCUT2D eigenvalue weighted by atomic mass is 10.1. The van der Waals surface area contributed by atoms with Crippen LogP contribution >= 0.6 is 11.3 Å². The first-order chi connectivity index (χ1) is 11.6. The van der Waals surface area contributed by atoms with Crippen LogP contribution in [0.25, 0.3) is 0 Å². The van der Waals surface area contributed by atoms with E-state index in [1.165, 1.54) is 10.4 Å². The summed E-state index contributed by atoms with van der Waals surface area (Å²) in [7, 11) is 0. The van der Waals surface area contributed by atoms with Crippen molar-refractivity contribution in [3.8, 4) is 0 Å². The van der Waals surface area contributed by atoms with Crippen LogP contribution in [0.5, 0.6) is 0 Å². The van der Waals surface area contributed by atoms with Crippen LogP contribution < -0.4 is 10.6 Å². The van der Waals surface area contributed by atoms with Crippen LogP contribution in [-0.4, -0.2) is 29.1 Å². The van der Waals surface area contributed by atoms with Crippen molar-refractivity contribution in [2.75, 3.05) is 13.1 Å². The highest BCUT2D eigenvalue weighted by atomic mass is 32.1. The SMILES string of the molecule is CCNC(=NCc1ncc(CC)s1)NCC(O)c1ccc(C)cc1. The number of aliphatic hydroxyl groups excluding tert-OH is 1. The summed E-state index contributed by atoms with van der Waals surface area (Å²) in [6, 6.07) is 7.92. The Bertz CT molecular complexity index is 651. The minimum absolute atomic E-state index is 0.410. The number of rotatable bonds is 7. The van der Waals surface area contributed by atoms with Gasteiger partial charge in [-0.25, -0.2) is 9.98 Å². The molecule has 0 fully saturated rings. The maximum absolute atomic E-state index is 10.3. The number of aliphatic hydroxyl groups is 1. The average molecular weight is 347 g/mol. The van der Waals surface area contributed by atoms with Crippen LogP contribution in [0, 0.1) is 6.92 Å². The molecule has 0 saturated carbocycles. The zero-order valence-corrected chi connectivity index (χ0v) is 15.4. The number of thiazole rings is 1. The van der Waals surface area contributed by atoms with E-state index in [4.69, 9.17) is 0 Å². The van der Waals surface area contributed by atoms with Gasteiger partial charge in [-0.2, -0.15) is 0 Å². The second-order valence-corrected chi connectivity index (χ2v) is 6.78. The first-order valence-electron chi connectivity index (χ1n) is 8.32. The fourth-order valence-corrected chi connectivity index (χ4v) is 2.96. The average Bonchev–Trinajstić information content (AvgIpc) is 3.06. The highest BCUT2D eigenvalue weighted by Crippen LogP contribution is 2.14. The molecule has 0 radical (unpaired) electrons. The van der Waals surface area contributed by atoms with Crippen molar-refractivity contribution >= 4 is 17.3 Å². The Morgan fingerprint density at radius 2 is 2.00 bits per heavy atom. The van der Waals surface area contributed by atoms with Crippen LogP contribution in [-0.2, 0) is 13.0 Å². The zero-order chi connectivity index (χ0) is 17.4. The number of hydrogen-bond donors (Lipinski definition) is 3. The largest absolute Gasteiger partial charge is 0.387 e. The molecule has 1 atom stereocenters. The van der Waals surface area contributed by atoms with E-state index in [-0.39, 0.29) is 0 Å². The Morgan fingerprint density at radius 3 is 2.62 bits per heavy atom. The Labute approximate surface area is 147 Å². The highest BCUT2D eigenvalue weighted by molar-refractivity contribution is 7.11. The molecule has 0 saturated heterocycles. The van der Waals surface area contributed by atoms with E-state index in [1.54, 1.807) is 11.3 Å². The lowest BCUT2D eigenvalue weighted by molar-refractivity contribution is 0.181. The quantitative estimate of drug-likeness (QED) is 0.533. The van der Waals surface area contributed by atoms with E-state index in [0.29, 0.717) is 19.0 Å². The smallest absolute Gasteiger partial charge is 0.191 e. The predicted molar refractivity (Wildman–Crippen MR) is 100 cm³/mol. The van der Waals surface area contributed by atoms with E-state index < -0.39 is 6.10 Å². The van der Waals surface area contributed by atoms with Crippen LogP contribution in [0.4, 0.5) is 0 Å². The third-order valence-corrected chi connectivity index (χ3v) is 4.72. The Hall–Kier alpha value is -1.92. The van der Waals surface area contributed by atoms with Gasteiger partial charge >= 0.3 is 0 Å². The molecular formula is C18H26N4OS. The summed E-state index contributed by atoms with van der Waals surface area (Å²) in [6.07, 6.45) is 2.35. The van der Waals surface area contributed by atoms with E-state index in [9.17, 15) is 5.11 Å². The lowest BCUT2D eigenvalue weighted by Gasteiger charge is -2.15. The number of nitrogens with zero attached hydrogens (tertiary/aromatic N) is 2. The van der Waals surface area contributed by atoms with E-state index >= 15 is 0 Å². The minimum atomic E-state index is -0.569. The number of aryl methyl sites for hydroxylation is 2. The Kier molecular flexibility index (Phi) is 7.21. The number of hydrogen-bond acceptors (Lipinski definition) is 4. The summed E-state index contributed by atoms with van der Waals surface area (Å²) < 4.78 is 0. The number of benzene rings is 1. The van der Waals surface area contributed by atoms with Crippen LogP contribution in [0.1, 0.15) is 41.0 Å². The molecule has 1 unspecified atom stereocenters. The molecule has 24 heavy (non-hydrogen) atoms. The van der Waals surface area contributed by atoms with Crippen LogP contribution in [0.3, 0.4) is 0 Å². The summed E-state index contributed by atoms with van der Waals surface area (Å²) in [5, 5.41) is 17.7. The maximum Gasteiger partial charge on any atom is 0.191 e. The molecule has 0 aliphatic heterocycles. The molecule has 3 N–H and O–H groups in total. The van der Waals surface area contributed by atoms with Gasteiger partial charge in [0.15, 0.2) is 5.96 Å². The third kappa shape index (κ3) is 5.62. The maximum atomic E-state index is 10.3. The van der Waals surface area contributed by atoms with E-state index in [2.05, 4.69) is 27.5 Å². The standard InChI is InChI=1S/C18H26N4OS/c1-4-15-10-20-17(24-15)12-22-18(19-5-2)21-11-16(23)14-8-6-13(3)7-9-14/h6-10,16,23H,4-5,11-12H2,1-3H3,(H2,19,21,22). The fraction of sp³-hybridized carbons (Fsp3) is 0.444. The van der Waals surface area contributed by atoms with Gasteiger partial charge in [-0.3, -0.25) is 0 Å². The van der Waals surface area contributed by atoms with Crippen molar-refractivity contribution < 1.29 is 5.11 Å². The minimum Gasteiger partial charge on any atom is -0.387 e. The lowest BCUT2D eigenvalue weighted by Crippen LogP contribution is -2.39. The summed E-state index contributed by atoms with van der Waals surface area (Å²) >= 11 is 1.69. The molecule has 6 heteroatoms. The summed E-state index contributed by atoms with van der Waals surface area (Å²) in [4.78, 5) is 10.2. The molecule has 2 aromatic rings. The van der Waals surface area contributed by atoms with Gasteiger partial charge < -0.3 is 15.7 Å². The first kappa shape index (κ1) is 18.4. The van der Waals surface area contributed by atoms with Gasteiger partial charge in [-0.15, -0.1) is 11.3 Å². The molecule has 2 rings (SSSR count). The second-order valence-electron chi connectivity index (χ2n) is 5.58. The summed E-state index contributed by atoms with van der Waals surface area (Å²) in [5.41, 5.74) is 2.08. The molecular weight excluding hydrogens is 320 g/mol. The molecule has 1 aromatic carbocycles. The topological polar surface area (TPSA) is 69.5 Å². The van der Waals surface area contributed by atoms with E-state index in [0.717, 1.165) is 23.5 Å². The second kappa shape index (κ2) is 9.39. The molecule has 5 nitrogen and oxygen atoms in total. The molecule has 0 spiro atoms. The normalized spacial score (nSPS) is 12.9. The highest BCUT2D eigenvalue weighted by Gasteiger charge is 2.08. The van der Waals surface area contributed by atoms with Gasteiger partial charge in [0.25, 0.3) is 0 Å². The van der Waals surface area contributed by atoms with Crippen molar-refractivity contribution in [3.63, 3.8) is 0 Å². The van der Waals surface area contributed by atoms with E-state index in [1.807, 2.05) is 44.3 Å². The molecule has 0 amide bonds. The van der Waals surface area contributed by atoms with Gasteiger partial charge in [0.1, 0.15) is 5.01 Å². The van der Waals surface area contributed by atoms with Gasteiger partial charge in [0.05, 0.1) is 12.6 Å². The predicted octanol–water partition coefficient (Wildman–Crippen LogP) is 2.80. The molecule has 0 aliphatic rings. The van der Waals surface area contributed by atoms with Gasteiger partial charge in [0, 0.05) is 24.2 Å². The molecule has 1 aromatic heterocycles. The third-order valence-electron chi connectivity index (χ3n) is 3.59. The zero-order valence-electron chi connectivity index (χ0n) is 14.5. The van der Waals surface area contributed by atoms with Crippen molar-refractivity contribution in [2.45, 2.75) is 39.8 Å². The van der Waals surface area contributed by atoms with Gasteiger partial charge in [-0.05, 0) is 25.8 Å². The monoisotopic (exact) mass is 346 g/mol. The summed E-state index contributed by atoms with van der Waals surface area (Å²) in [5.74, 6) is 0.692. The van der Waals surface area contributed by atoms with Crippen LogP contribution in [0.2, 0.25) is 0 Å². The Morgan fingerprint density at radius 1 is 1.25 bits per heavy atom. The van der Waals surface area contributed by atoms with Crippen molar-refractivity contribution in [3.05, 3.63) is 51.5 Å². The number of nitrogens with one attached hydrogen (secondary N) is 2. The number of aliphatic imine (C=N–C) groups is 1. The van der Waals surface area contributed by atoms with Crippen molar-refractivity contribution in [1.82, 2.24) is 15.6 Å². The van der Waals surface area contributed by atoms with Crippen LogP contribution in [0.15, 0.2) is 35.5 Å². The first-order valence-corrected chi connectivity index (χ1v) is 9.14. The fourth-order valence-electron chi connectivity index (χ4n) is 2.17. The number of aromatic nitrogens is 1. The molecule has 0 bridgehead atoms. The summed E-state index contributed by atoms with van der Waals surface area (Å²) in [6.45, 7) is 7.90. The van der Waals surface area contributed by atoms with Gasteiger partial charge in [0.2, 0.25) is 0 Å². The molecule has 130 valence electrons. The molecule has 1 heterocycles. The Balaban J connectivity index is 1.92. The van der Waals surface area contributed by atoms with Crippen molar-refractivity contribution in [2.24, 2.45) is 4.99 Å². The van der Waals surface area contributed by atoms with Crippen molar-refractivity contribution in [1.29, 1.82) is 0 Å².